The Balaban J connectivity index is 1.74. The van der Waals surface area contributed by atoms with Gasteiger partial charge in [0.2, 0.25) is 0 Å². The first kappa shape index (κ1) is 18.3. The number of allylic oxidation sites excluding steroid dienone is 2. The molecule has 128 valence electrons. The van der Waals surface area contributed by atoms with E-state index in [-0.39, 0.29) is 11.9 Å². The number of ether oxygens (including phenoxy) is 1. The second-order valence-corrected chi connectivity index (χ2v) is 6.64. The van der Waals surface area contributed by atoms with Crippen LogP contribution in [0.2, 0.25) is 0 Å². The fourth-order valence-corrected chi connectivity index (χ4v) is 3.37. The second kappa shape index (κ2) is 9.93. The lowest BCUT2D eigenvalue weighted by atomic mass is 9.80. The van der Waals surface area contributed by atoms with Crippen LogP contribution >= 0.6 is 0 Å². The van der Waals surface area contributed by atoms with Crippen LogP contribution in [0.4, 0.5) is 0 Å². The summed E-state index contributed by atoms with van der Waals surface area (Å²) >= 11 is 0. The monoisotopic (exact) mass is 325 g/mol. The van der Waals surface area contributed by atoms with E-state index in [0.29, 0.717) is 11.7 Å². The molecule has 24 heavy (non-hydrogen) atoms. The lowest BCUT2D eigenvalue weighted by Crippen LogP contribution is -2.25. The van der Waals surface area contributed by atoms with Crippen molar-refractivity contribution in [2.75, 3.05) is 0 Å². The van der Waals surface area contributed by atoms with E-state index in [1.807, 2.05) is 36.4 Å². The van der Waals surface area contributed by atoms with Gasteiger partial charge in [0.1, 0.15) is 5.75 Å². The van der Waals surface area contributed by atoms with Crippen molar-refractivity contribution in [3.63, 3.8) is 0 Å². The van der Waals surface area contributed by atoms with Crippen molar-refractivity contribution in [2.45, 2.75) is 58.3 Å². The molecule has 0 bridgehead atoms. The van der Waals surface area contributed by atoms with Gasteiger partial charge in [-0.1, -0.05) is 31.6 Å². The van der Waals surface area contributed by atoms with E-state index >= 15 is 0 Å². The van der Waals surface area contributed by atoms with E-state index in [0.717, 1.165) is 51.4 Å². The molecular formula is C21H27NO2. The highest BCUT2D eigenvalue weighted by Crippen LogP contribution is 2.32. The third kappa shape index (κ3) is 5.85. The molecule has 0 atom stereocenters. The van der Waals surface area contributed by atoms with E-state index in [1.54, 1.807) is 6.08 Å². The summed E-state index contributed by atoms with van der Waals surface area (Å²) in [7, 11) is 0. The fourth-order valence-electron chi connectivity index (χ4n) is 3.37. The van der Waals surface area contributed by atoms with Gasteiger partial charge in [0.15, 0.2) is 0 Å². The van der Waals surface area contributed by atoms with E-state index in [2.05, 4.69) is 6.92 Å². The number of hydrogen-bond donors (Lipinski definition) is 0. The normalized spacial score (nSPS) is 20.7. The highest BCUT2D eigenvalue weighted by atomic mass is 16.5. The van der Waals surface area contributed by atoms with E-state index < -0.39 is 0 Å². The molecule has 0 spiro atoms. The van der Waals surface area contributed by atoms with Crippen LogP contribution in [0.15, 0.2) is 36.4 Å². The minimum absolute atomic E-state index is 0.0335. The van der Waals surface area contributed by atoms with Crippen molar-refractivity contribution in [3.8, 4) is 11.8 Å². The number of benzene rings is 1. The maximum absolute atomic E-state index is 12.3. The van der Waals surface area contributed by atoms with Crippen LogP contribution in [0.1, 0.15) is 57.4 Å². The third-order valence-electron chi connectivity index (χ3n) is 4.79. The van der Waals surface area contributed by atoms with Crippen LogP contribution in [0, 0.1) is 23.2 Å². The lowest BCUT2D eigenvalue weighted by Gasteiger charge is -2.26. The van der Waals surface area contributed by atoms with Gasteiger partial charge < -0.3 is 4.74 Å². The number of rotatable bonds is 7. The first-order chi connectivity index (χ1) is 11.7. The summed E-state index contributed by atoms with van der Waals surface area (Å²) < 4.78 is 5.55. The van der Waals surface area contributed by atoms with E-state index in [1.165, 1.54) is 5.56 Å². The van der Waals surface area contributed by atoms with Gasteiger partial charge in [-0.05, 0) is 68.6 Å². The molecule has 0 radical (unpaired) electrons. The Labute approximate surface area is 145 Å². The molecule has 0 unspecified atom stereocenters. The first-order valence-corrected chi connectivity index (χ1v) is 9.08. The van der Waals surface area contributed by atoms with Gasteiger partial charge in [-0.25, -0.2) is 0 Å². The second-order valence-electron chi connectivity index (χ2n) is 6.64. The molecule has 1 saturated carbocycles. The lowest BCUT2D eigenvalue weighted by molar-refractivity contribution is -0.140. The van der Waals surface area contributed by atoms with Crippen molar-refractivity contribution in [1.82, 2.24) is 0 Å². The minimum atomic E-state index is -0.0823. The first-order valence-electron chi connectivity index (χ1n) is 9.08. The summed E-state index contributed by atoms with van der Waals surface area (Å²) in [6.45, 7) is 2.16. The molecule has 1 aliphatic rings. The number of esters is 1. The summed E-state index contributed by atoms with van der Waals surface area (Å²) in [6, 6.07) is 9.90. The van der Waals surface area contributed by atoms with E-state index in [4.69, 9.17) is 10.00 Å². The van der Waals surface area contributed by atoms with Crippen molar-refractivity contribution >= 4 is 5.97 Å². The number of nitrogens with zero attached hydrogens (tertiary/aromatic N) is 1. The van der Waals surface area contributed by atoms with Crippen LogP contribution in [0.25, 0.3) is 0 Å². The van der Waals surface area contributed by atoms with Crippen molar-refractivity contribution in [2.24, 2.45) is 11.8 Å². The summed E-state index contributed by atoms with van der Waals surface area (Å²) in [6.07, 6.45) is 11.7. The van der Waals surface area contributed by atoms with Gasteiger partial charge in [-0.2, -0.15) is 5.26 Å². The van der Waals surface area contributed by atoms with Crippen LogP contribution in [-0.2, 0) is 11.2 Å². The molecular weight excluding hydrogens is 298 g/mol. The van der Waals surface area contributed by atoms with E-state index in [9.17, 15) is 4.79 Å². The molecule has 0 heterocycles. The summed E-state index contributed by atoms with van der Waals surface area (Å²) in [4.78, 5) is 12.3. The zero-order chi connectivity index (χ0) is 17.2. The molecule has 1 aromatic rings. The molecule has 0 amide bonds. The summed E-state index contributed by atoms with van der Waals surface area (Å²) in [5.74, 6) is 1.28. The molecule has 2 rings (SSSR count). The Morgan fingerprint density at radius 1 is 1.25 bits per heavy atom. The zero-order valence-electron chi connectivity index (χ0n) is 14.5. The Morgan fingerprint density at radius 3 is 2.58 bits per heavy atom. The van der Waals surface area contributed by atoms with Crippen LogP contribution in [0.5, 0.6) is 5.75 Å². The van der Waals surface area contributed by atoms with Crippen LogP contribution < -0.4 is 4.74 Å². The van der Waals surface area contributed by atoms with Gasteiger partial charge in [0, 0.05) is 6.08 Å². The number of nitriles is 1. The number of carbonyl (C=O) groups is 1. The molecule has 1 aliphatic carbocycles. The topological polar surface area (TPSA) is 50.1 Å². The number of carbonyl (C=O) groups excluding carboxylic acids is 1. The average molecular weight is 325 g/mol. The molecule has 0 aromatic heterocycles. The Kier molecular flexibility index (Phi) is 7.55. The highest BCUT2D eigenvalue weighted by Gasteiger charge is 2.27. The maximum Gasteiger partial charge on any atom is 0.314 e. The standard InChI is InChI=1S/C21H27NO2/c1-2-6-17-10-14-20(15-11-17)24-21(23)19-12-8-18(9-13-19)7-4-3-5-16-22/h3,5,10-11,14-15,18-19H,2,4,6-9,12-13H2,1H3/b5-3+. The molecule has 1 fully saturated rings. The zero-order valence-corrected chi connectivity index (χ0v) is 14.5. The Morgan fingerprint density at radius 2 is 1.96 bits per heavy atom. The summed E-state index contributed by atoms with van der Waals surface area (Å²) in [5.41, 5.74) is 1.28. The number of aryl methyl sites for hydroxylation is 1. The average Bonchev–Trinajstić information content (AvgIpc) is 2.61. The SMILES string of the molecule is CCCc1ccc(OC(=O)C2CCC(CC/C=C/C#N)CC2)cc1. The van der Waals surface area contributed by atoms with Gasteiger partial charge in [-0.15, -0.1) is 0 Å². The number of hydrogen-bond acceptors (Lipinski definition) is 3. The smallest absolute Gasteiger partial charge is 0.314 e. The quantitative estimate of drug-likeness (QED) is 0.393. The predicted molar refractivity (Wildman–Crippen MR) is 95.5 cm³/mol. The molecule has 0 N–H and O–H groups in total. The maximum atomic E-state index is 12.3. The van der Waals surface area contributed by atoms with Gasteiger partial charge in [0.05, 0.1) is 12.0 Å². The fraction of sp³-hybridized carbons (Fsp3) is 0.524. The van der Waals surface area contributed by atoms with Gasteiger partial charge >= 0.3 is 5.97 Å². The van der Waals surface area contributed by atoms with Gasteiger partial charge in [-0.3, -0.25) is 4.79 Å². The van der Waals surface area contributed by atoms with Crippen molar-refractivity contribution in [1.29, 1.82) is 5.26 Å². The van der Waals surface area contributed by atoms with Crippen LogP contribution in [0.3, 0.4) is 0 Å². The molecule has 0 saturated heterocycles. The largest absolute Gasteiger partial charge is 0.426 e. The van der Waals surface area contributed by atoms with Crippen molar-refractivity contribution < 1.29 is 9.53 Å². The van der Waals surface area contributed by atoms with Crippen LogP contribution in [-0.4, -0.2) is 5.97 Å². The molecule has 3 nitrogen and oxygen atoms in total. The summed E-state index contributed by atoms with van der Waals surface area (Å²) in [5, 5.41) is 8.47. The van der Waals surface area contributed by atoms with Gasteiger partial charge in [0.25, 0.3) is 0 Å². The third-order valence-corrected chi connectivity index (χ3v) is 4.79. The minimum Gasteiger partial charge on any atom is -0.426 e. The Bertz CT molecular complexity index is 575. The van der Waals surface area contributed by atoms with Crippen molar-refractivity contribution in [3.05, 3.63) is 42.0 Å². The molecule has 1 aromatic carbocycles. The predicted octanol–water partition coefficient (Wildman–Crippen LogP) is 5.21. The molecule has 0 aliphatic heterocycles. The highest BCUT2D eigenvalue weighted by molar-refractivity contribution is 5.75. The molecule has 3 heteroatoms. The Hall–Kier alpha value is -2.08.